The molecule has 1 aromatic rings. The highest BCUT2D eigenvalue weighted by Crippen LogP contribution is 2.25. The van der Waals surface area contributed by atoms with Crippen molar-refractivity contribution in [1.82, 2.24) is 5.48 Å². The van der Waals surface area contributed by atoms with E-state index in [0.717, 1.165) is 0 Å². The third kappa shape index (κ3) is 4.29. The minimum absolute atomic E-state index is 0.0790. The third-order valence-corrected chi connectivity index (χ3v) is 2.43. The monoisotopic (exact) mass is 280 g/mol. The Morgan fingerprint density at radius 1 is 1.40 bits per heavy atom. The first-order chi connectivity index (χ1) is 9.31. The van der Waals surface area contributed by atoms with E-state index < -0.39 is 17.9 Å². The van der Waals surface area contributed by atoms with Crippen LogP contribution < -0.4 is 11.2 Å². The molecule has 0 aliphatic carbocycles. The second-order valence-electron chi connectivity index (χ2n) is 4.27. The number of carbonyl (C=O) groups excluding carboxylic acids is 2. The van der Waals surface area contributed by atoms with E-state index in [1.54, 1.807) is 0 Å². The lowest BCUT2D eigenvalue weighted by Gasteiger charge is -2.11. The number of carbonyl (C=O) groups is 2. The standard InChI is InChI=1S/C13H16N2O5/c1-7(2)12(18)15-20-13(19)9(14)5-8-3-4-10(16)11(17)6-8/h3-4,6,9,16-17H,1,5,14H2,2H3,(H,15,18)/t9-/m0/s1. The van der Waals surface area contributed by atoms with Gasteiger partial charge in [-0.1, -0.05) is 12.6 Å². The Morgan fingerprint density at radius 2 is 2.05 bits per heavy atom. The molecule has 1 rings (SSSR count). The molecule has 0 bridgehead atoms. The van der Waals surface area contributed by atoms with E-state index in [9.17, 15) is 14.7 Å². The Kier molecular flexibility index (Phi) is 5.10. The van der Waals surface area contributed by atoms with Crippen molar-refractivity contribution in [3.63, 3.8) is 0 Å². The predicted molar refractivity (Wildman–Crippen MR) is 70.5 cm³/mol. The lowest BCUT2D eigenvalue weighted by atomic mass is 10.1. The van der Waals surface area contributed by atoms with Crippen LogP contribution in [0, 0.1) is 0 Å². The Labute approximate surface area is 115 Å². The molecule has 20 heavy (non-hydrogen) atoms. The van der Waals surface area contributed by atoms with E-state index in [1.165, 1.54) is 25.1 Å². The molecule has 7 heteroatoms. The molecule has 0 aliphatic heterocycles. The van der Waals surface area contributed by atoms with Crippen molar-refractivity contribution in [1.29, 1.82) is 0 Å². The van der Waals surface area contributed by atoms with E-state index in [1.807, 2.05) is 5.48 Å². The summed E-state index contributed by atoms with van der Waals surface area (Å²) in [4.78, 5) is 27.2. The fourth-order valence-corrected chi connectivity index (χ4v) is 1.29. The molecule has 0 aromatic heterocycles. The molecule has 0 saturated carbocycles. The molecule has 0 radical (unpaired) electrons. The topological polar surface area (TPSA) is 122 Å². The smallest absolute Gasteiger partial charge is 0.349 e. The molecule has 0 fully saturated rings. The molecule has 0 heterocycles. The summed E-state index contributed by atoms with van der Waals surface area (Å²) in [6, 6.07) is 3.05. The van der Waals surface area contributed by atoms with Gasteiger partial charge in [0.1, 0.15) is 6.04 Å². The number of rotatable bonds is 4. The number of benzene rings is 1. The zero-order chi connectivity index (χ0) is 15.3. The largest absolute Gasteiger partial charge is 0.504 e. The van der Waals surface area contributed by atoms with Crippen molar-refractivity contribution in [3.8, 4) is 11.5 Å². The average molecular weight is 280 g/mol. The second kappa shape index (κ2) is 6.58. The first kappa shape index (κ1) is 15.5. The van der Waals surface area contributed by atoms with Crippen LogP contribution in [-0.2, 0) is 20.8 Å². The molecule has 1 atom stereocenters. The van der Waals surface area contributed by atoms with Gasteiger partial charge < -0.3 is 20.8 Å². The van der Waals surface area contributed by atoms with Gasteiger partial charge in [0, 0.05) is 5.57 Å². The van der Waals surface area contributed by atoms with E-state index in [2.05, 4.69) is 11.4 Å². The fraction of sp³-hybridized carbons (Fsp3) is 0.231. The van der Waals surface area contributed by atoms with Gasteiger partial charge in [0.2, 0.25) is 0 Å². The highest BCUT2D eigenvalue weighted by molar-refractivity contribution is 5.92. The third-order valence-electron chi connectivity index (χ3n) is 2.43. The Morgan fingerprint density at radius 3 is 2.60 bits per heavy atom. The van der Waals surface area contributed by atoms with E-state index in [4.69, 9.17) is 10.8 Å². The Balaban J connectivity index is 2.55. The van der Waals surface area contributed by atoms with Crippen molar-refractivity contribution < 1.29 is 24.6 Å². The number of amides is 1. The zero-order valence-electron chi connectivity index (χ0n) is 10.9. The molecule has 1 amide bonds. The highest BCUT2D eigenvalue weighted by atomic mass is 16.7. The van der Waals surface area contributed by atoms with Crippen LogP contribution in [0.15, 0.2) is 30.4 Å². The summed E-state index contributed by atoms with van der Waals surface area (Å²) in [5.74, 6) is -2.02. The number of hydrogen-bond donors (Lipinski definition) is 4. The summed E-state index contributed by atoms with van der Waals surface area (Å²) in [5, 5.41) is 18.5. The number of hydroxylamine groups is 1. The Bertz CT molecular complexity index is 542. The van der Waals surface area contributed by atoms with Crippen molar-refractivity contribution in [2.75, 3.05) is 0 Å². The first-order valence-electron chi connectivity index (χ1n) is 5.74. The molecule has 0 aliphatic rings. The normalized spacial score (nSPS) is 11.5. The van der Waals surface area contributed by atoms with Gasteiger partial charge in [-0.25, -0.2) is 4.79 Å². The van der Waals surface area contributed by atoms with Crippen molar-refractivity contribution >= 4 is 11.9 Å². The van der Waals surface area contributed by atoms with E-state index in [-0.39, 0.29) is 23.5 Å². The molecular weight excluding hydrogens is 264 g/mol. The van der Waals surface area contributed by atoms with Gasteiger partial charge in [-0.2, -0.15) is 5.48 Å². The second-order valence-corrected chi connectivity index (χ2v) is 4.27. The summed E-state index contributed by atoms with van der Waals surface area (Å²) < 4.78 is 0. The average Bonchev–Trinajstić information content (AvgIpc) is 2.39. The zero-order valence-corrected chi connectivity index (χ0v) is 10.9. The maximum absolute atomic E-state index is 11.5. The van der Waals surface area contributed by atoms with E-state index >= 15 is 0 Å². The van der Waals surface area contributed by atoms with Crippen LogP contribution >= 0.6 is 0 Å². The SMILES string of the molecule is C=C(C)C(=O)NOC(=O)[C@@H](N)Cc1ccc(O)c(O)c1. The van der Waals surface area contributed by atoms with Gasteiger partial charge in [-0.15, -0.1) is 0 Å². The first-order valence-corrected chi connectivity index (χ1v) is 5.74. The summed E-state index contributed by atoms with van der Waals surface area (Å²) >= 11 is 0. The van der Waals surface area contributed by atoms with Crippen LogP contribution in [0.25, 0.3) is 0 Å². The quantitative estimate of drug-likeness (QED) is 0.353. The number of phenolic OH excluding ortho intramolecular Hbond substituents is 2. The summed E-state index contributed by atoms with van der Waals surface area (Å²) in [6.07, 6.45) is 0.0790. The Hall–Kier alpha value is -2.54. The van der Waals surface area contributed by atoms with E-state index in [0.29, 0.717) is 5.56 Å². The minimum Gasteiger partial charge on any atom is -0.504 e. The predicted octanol–water partition coefficient (Wildman–Crippen LogP) is 0.118. The van der Waals surface area contributed by atoms with Crippen molar-refractivity contribution in [2.24, 2.45) is 5.73 Å². The molecule has 108 valence electrons. The maximum Gasteiger partial charge on any atom is 0.349 e. The lowest BCUT2D eigenvalue weighted by Crippen LogP contribution is -2.39. The number of aromatic hydroxyl groups is 2. The van der Waals surface area contributed by atoms with Crippen LogP contribution in [0.4, 0.5) is 0 Å². The van der Waals surface area contributed by atoms with Crippen LogP contribution in [0.3, 0.4) is 0 Å². The number of hydrogen-bond acceptors (Lipinski definition) is 6. The molecule has 0 saturated heterocycles. The lowest BCUT2D eigenvalue weighted by molar-refractivity contribution is -0.158. The van der Waals surface area contributed by atoms with Crippen LogP contribution in [0.5, 0.6) is 11.5 Å². The van der Waals surface area contributed by atoms with Gasteiger partial charge in [-0.3, -0.25) is 4.79 Å². The fourth-order valence-electron chi connectivity index (χ4n) is 1.29. The molecular formula is C13H16N2O5. The minimum atomic E-state index is -1.02. The highest BCUT2D eigenvalue weighted by Gasteiger charge is 2.18. The van der Waals surface area contributed by atoms with Crippen LogP contribution in [0.1, 0.15) is 12.5 Å². The van der Waals surface area contributed by atoms with Crippen molar-refractivity contribution in [3.05, 3.63) is 35.9 Å². The number of phenols is 2. The molecule has 5 N–H and O–H groups in total. The number of nitrogens with one attached hydrogen (secondary N) is 1. The molecule has 1 aromatic carbocycles. The molecule has 7 nitrogen and oxygen atoms in total. The van der Waals surface area contributed by atoms with Crippen LogP contribution in [-0.4, -0.2) is 28.1 Å². The molecule has 0 spiro atoms. The van der Waals surface area contributed by atoms with Gasteiger partial charge in [0.15, 0.2) is 11.5 Å². The van der Waals surface area contributed by atoms with Crippen molar-refractivity contribution in [2.45, 2.75) is 19.4 Å². The van der Waals surface area contributed by atoms with Gasteiger partial charge in [-0.05, 0) is 31.0 Å². The summed E-state index contributed by atoms with van der Waals surface area (Å²) in [7, 11) is 0. The maximum atomic E-state index is 11.5. The van der Waals surface area contributed by atoms with Gasteiger partial charge in [0.05, 0.1) is 0 Å². The number of nitrogens with two attached hydrogens (primary N) is 1. The molecule has 0 unspecified atom stereocenters. The van der Waals surface area contributed by atoms with Crippen LogP contribution in [0.2, 0.25) is 0 Å². The summed E-state index contributed by atoms with van der Waals surface area (Å²) in [6.45, 7) is 4.84. The van der Waals surface area contributed by atoms with Gasteiger partial charge >= 0.3 is 5.97 Å². The summed E-state index contributed by atoms with van der Waals surface area (Å²) in [5.41, 5.74) is 8.25. The van der Waals surface area contributed by atoms with Gasteiger partial charge in [0.25, 0.3) is 5.91 Å².